The number of β-amino-alcohol motifs (C(OH)–C–C–N with tert-alkyl or cyclic N) is 1. The smallest absolute Gasteiger partial charge is 0.169 e. The van der Waals surface area contributed by atoms with Crippen LogP contribution in [0.15, 0.2) is 53.5 Å². The molecule has 134 valence electrons. The average molecular weight is 353 g/mol. The lowest BCUT2D eigenvalue weighted by atomic mass is 9.82. The van der Waals surface area contributed by atoms with Crippen LogP contribution in [0, 0.1) is 11.3 Å². The van der Waals surface area contributed by atoms with Gasteiger partial charge in [0.2, 0.25) is 0 Å². The van der Waals surface area contributed by atoms with Crippen LogP contribution < -0.4 is 0 Å². The number of hydrogen-bond donors (Lipinski definition) is 2. The molecule has 1 aliphatic carbocycles. The first-order valence-electron chi connectivity index (χ1n) is 8.19. The number of aliphatic hydroxyl groups excluding tert-OH is 2. The van der Waals surface area contributed by atoms with Crippen LogP contribution in [0.5, 0.6) is 0 Å². The van der Waals surface area contributed by atoms with Gasteiger partial charge in [0, 0.05) is 31.5 Å². The van der Waals surface area contributed by atoms with Crippen molar-refractivity contribution in [1.29, 1.82) is 5.26 Å². The van der Waals surface area contributed by atoms with Crippen molar-refractivity contribution in [1.82, 2.24) is 9.88 Å². The number of ketones is 1. The maximum absolute atomic E-state index is 12.2. The molecule has 7 heteroatoms. The van der Waals surface area contributed by atoms with E-state index in [4.69, 9.17) is 9.84 Å². The summed E-state index contributed by atoms with van der Waals surface area (Å²) in [5.74, 6) is -0.0778. The third-order valence-electron chi connectivity index (χ3n) is 4.35. The Hall–Kier alpha value is -2.79. The van der Waals surface area contributed by atoms with Crippen LogP contribution in [0.25, 0.3) is 5.57 Å². The Bertz CT molecular complexity index is 836. The molecule has 1 aromatic rings. The van der Waals surface area contributed by atoms with Gasteiger partial charge < -0.3 is 19.8 Å². The fourth-order valence-corrected chi connectivity index (χ4v) is 3.14. The Morgan fingerprint density at radius 1 is 1.50 bits per heavy atom. The summed E-state index contributed by atoms with van der Waals surface area (Å²) < 4.78 is 5.25. The molecule has 26 heavy (non-hydrogen) atoms. The van der Waals surface area contributed by atoms with E-state index in [0.717, 1.165) is 11.1 Å². The summed E-state index contributed by atoms with van der Waals surface area (Å²) in [6.45, 7) is -0.390. The van der Waals surface area contributed by atoms with Gasteiger partial charge >= 0.3 is 0 Å². The van der Waals surface area contributed by atoms with Gasteiger partial charge in [-0.25, -0.2) is 0 Å². The van der Waals surface area contributed by atoms with Gasteiger partial charge in [0.25, 0.3) is 0 Å². The number of nitriles is 1. The van der Waals surface area contributed by atoms with Crippen LogP contribution in [0.1, 0.15) is 12.1 Å². The Morgan fingerprint density at radius 2 is 2.31 bits per heavy atom. The average Bonchev–Trinajstić information content (AvgIpc) is 2.67. The molecule has 2 aliphatic rings. The molecule has 2 unspecified atom stereocenters. The van der Waals surface area contributed by atoms with E-state index in [-0.39, 0.29) is 18.7 Å². The van der Waals surface area contributed by atoms with E-state index in [1.807, 2.05) is 6.07 Å². The van der Waals surface area contributed by atoms with Crippen LogP contribution in [0.2, 0.25) is 0 Å². The number of allylic oxidation sites excluding steroid dienone is 4. The molecule has 0 saturated carbocycles. The van der Waals surface area contributed by atoms with E-state index < -0.39 is 18.8 Å². The summed E-state index contributed by atoms with van der Waals surface area (Å²) in [6.07, 6.45) is 3.49. The van der Waals surface area contributed by atoms with Crippen molar-refractivity contribution < 1.29 is 19.7 Å². The monoisotopic (exact) mass is 353 g/mol. The van der Waals surface area contributed by atoms with Gasteiger partial charge in [-0.2, -0.15) is 5.26 Å². The lowest BCUT2D eigenvalue weighted by molar-refractivity contribution is -0.125. The van der Waals surface area contributed by atoms with Crippen molar-refractivity contribution in [3.63, 3.8) is 0 Å². The molecule has 3 rings (SSSR count). The highest BCUT2D eigenvalue weighted by Crippen LogP contribution is 2.40. The summed E-state index contributed by atoms with van der Waals surface area (Å²) in [6, 6.07) is 7.55. The predicted octanol–water partition coefficient (Wildman–Crippen LogP) is 0.783. The summed E-state index contributed by atoms with van der Waals surface area (Å²) >= 11 is 0. The second-order valence-corrected chi connectivity index (χ2v) is 6.07. The molecular formula is C19H19N3O4. The maximum Gasteiger partial charge on any atom is 0.169 e. The molecule has 1 aliphatic heterocycles. The topological polar surface area (TPSA) is 107 Å². The zero-order valence-corrected chi connectivity index (χ0v) is 14.3. The standard InChI is InChI=1S/C19H19N3O4/c1-26-18-7-14-12(6-17(18)25)9-22(10-13(24)11-23)16(8-20)19(14)15-4-2-3-5-21-15/h2-5,7,9,13,18,23-24H,6,10-11H2,1H3. The highest BCUT2D eigenvalue weighted by atomic mass is 16.5. The van der Waals surface area contributed by atoms with E-state index in [9.17, 15) is 15.2 Å². The van der Waals surface area contributed by atoms with Gasteiger partial charge in [-0.3, -0.25) is 9.78 Å². The third kappa shape index (κ3) is 3.30. The minimum Gasteiger partial charge on any atom is -0.394 e. The molecular weight excluding hydrogens is 334 g/mol. The van der Waals surface area contributed by atoms with Crippen molar-refractivity contribution in [2.24, 2.45) is 0 Å². The van der Waals surface area contributed by atoms with Gasteiger partial charge in [-0.1, -0.05) is 6.07 Å². The second-order valence-electron chi connectivity index (χ2n) is 6.07. The minimum atomic E-state index is -1.02. The normalized spacial score (nSPS) is 20.9. The molecule has 0 bridgehead atoms. The molecule has 0 fully saturated rings. The zero-order chi connectivity index (χ0) is 18.7. The van der Waals surface area contributed by atoms with Crippen LogP contribution in [-0.4, -0.2) is 58.3 Å². The van der Waals surface area contributed by atoms with Crippen LogP contribution in [0.3, 0.4) is 0 Å². The third-order valence-corrected chi connectivity index (χ3v) is 4.35. The lowest BCUT2D eigenvalue weighted by Gasteiger charge is -2.33. The van der Waals surface area contributed by atoms with Crippen LogP contribution in [-0.2, 0) is 9.53 Å². The second kappa shape index (κ2) is 7.62. The molecule has 2 heterocycles. The number of aliphatic hydroxyl groups is 2. The molecule has 2 atom stereocenters. The number of Topliss-reactive ketones (excluding diaryl/α,β-unsaturated/α-hetero) is 1. The highest BCUT2D eigenvalue weighted by molar-refractivity contribution is 5.97. The number of ether oxygens (including phenoxy) is 1. The molecule has 0 saturated heterocycles. The summed E-state index contributed by atoms with van der Waals surface area (Å²) in [5.41, 5.74) is 2.95. The molecule has 7 nitrogen and oxygen atoms in total. The zero-order valence-electron chi connectivity index (χ0n) is 14.3. The van der Waals surface area contributed by atoms with Crippen LogP contribution in [0.4, 0.5) is 0 Å². The Morgan fingerprint density at radius 3 is 2.92 bits per heavy atom. The fourth-order valence-electron chi connectivity index (χ4n) is 3.14. The summed E-state index contributed by atoms with van der Waals surface area (Å²) in [7, 11) is 1.47. The number of nitrogens with zero attached hydrogens (tertiary/aromatic N) is 3. The number of aromatic nitrogens is 1. The molecule has 0 amide bonds. The predicted molar refractivity (Wildman–Crippen MR) is 93.2 cm³/mol. The van der Waals surface area contributed by atoms with Crippen molar-refractivity contribution in [2.45, 2.75) is 18.6 Å². The number of methoxy groups -OCH3 is 1. The molecule has 1 aromatic heterocycles. The van der Waals surface area contributed by atoms with E-state index in [0.29, 0.717) is 17.0 Å². The lowest BCUT2D eigenvalue weighted by Crippen LogP contribution is -2.35. The maximum atomic E-state index is 12.2. The Kier molecular flexibility index (Phi) is 5.28. The number of hydrogen-bond acceptors (Lipinski definition) is 7. The first-order chi connectivity index (χ1) is 12.6. The van der Waals surface area contributed by atoms with Gasteiger partial charge in [0.05, 0.1) is 24.9 Å². The Labute approximate surface area is 151 Å². The SMILES string of the molecule is COC1C=C2C(=CN(CC(O)CO)C(C#N)=C2c2ccccn2)CC1=O. The van der Waals surface area contributed by atoms with E-state index in [2.05, 4.69) is 11.1 Å². The first kappa shape index (κ1) is 18.0. The minimum absolute atomic E-state index is 0.0361. The van der Waals surface area contributed by atoms with Crippen molar-refractivity contribution in [3.8, 4) is 6.07 Å². The van der Waals surface area contributed by atoms with Gasteiger partial charge in [0.1, 0.15) is 17.9 Å². The van der Waals surface area contributed by atoms with Gasteiger partial charge in [0.15, 0.2) is 5.78 Å². The van der Waals surface area contributed by atoms with E-state index in [1.165, 1.54) is 7.11 Å². The van der Waals surface area contributed by atoms with Gasteiger partial charge in [-0.15, -0.1) is 0 Å². The largest absolute Gasteiger partial charge is 0.394 e. The molecule has 2 N–H and O–H groups in total. The molecule has 0 spiro atoms. The number of rotatable bonds is 5. The van der Waals surface area contributed by atoms with E-state index in [1.54, 1.807) is 35.5 Å². The number of carbonyl (C=O) groups is 1. The summed E-state index contributed by atoms with van der Waals surface area (Å²) in [5, 5.41) is 28.8. The molecule has 0 radical (unpaired) electrons. The summed E-state index contributed by atoms with van der Waals surface area (Å²) in [4.78, 5) is 18.2. The molecule has 0 aromatic carbocycles. The first-order valence-corrected chi connectivity index (χ1v) is 8.19. The van der Waals surface area contributed by atoms with Crippen LogP contribution >= 0.6 is 0 Å². The van der Waals surface area contributed by atoms with Crippen molar-refractivity contribution in [3.05, 3.63) is 59.2 Å². The van der Waals surface area contributed by atoms with Crippen molar-refractivity contribution in [2.75, 3.05) is 20.3 Å². The quantitative estimate of drug-likeness (QED) is 0.806. The Balaban J connectivity index is 2.18. The highest BCUT2D eigenvalue weighted by Gasteiger charge is 2.34. The number of fused-ring (bicyclic) bond motifs is 1. The number of pyridine rings is 1. The van der Waals surface area contributed by atoms with Crippen molar-refractivity contribution >= 4 is 11.4 Å². The van der Waals surface area contributed by atoms with Gasteiger partial charge in [-0.05, 0) is 29.4 Å². The fraction of sp³-hybridized carbons (Fsp3) is 0.316. The van der Waals surface area contributed by atoms with E-state index >= 15 is 0 Å². The number of carbonyl (C=O) groups excluding carboxylic acids is 1.